The molecule has 0 saturated carbocycles. The Morgan fingerprint density at radius 1 is 1.38 bits per heavy atom. The Morgan fingerprint density at radius 2 is 2.12 bits per heavy atom. The third-order valence-electron chi connectivity index (χ3n) is 2.00. The highest BCUT2D eigenvalue weighted by molar-refractivity contribution is 5.77. The fraction of sp³-hybridized carbons (Fsp3) is 0.200. The van der Waals surface area contributed by atoms with Crippen molar-refractivity contribution >= 4 is 11.1 Å². The summed E-state index contributed by atoms with van der Waals surface area (Å²) in [5.74, 6) is -0.00537. The standard InChI is InChI=1S/C10H5F3N2O/c11-10(12,13)6-2-1-3-7-9(6)15-8(16-7)4-5-14/h1-3H,4H2. The monoisotopic (exact) mass is 226 g/mol. The number of nitrogens with zero attached hydrogens (tertiary/aromatic N) is 2. The lowest BCUT2D eigenvalue weighted by molar-refractivity contribution is -0.136. The predicted octanol–water partition coefficient (Wildman–Crippen LogP) is 2.91. The van der Waals surface area contributed by atoms with Gasteiger partial charge in [0.2, 0.25) is 5.89 Å². The molecule has 1 heterocycles. The van der Waals surface area contributed by atoms with Crippen molar-refractivity contribution < 1.29 is 17.6 Å². The summed E-state index contributed by atoms with van der Waals surface area (Å²) in [7, 11) is 0. The van der Waals surface area contributed by atoms with E-state index in [2.05, 4.69) is 4.98 Å². The summed E-state index contributed by atoms with van der Waals surface area (Å²) in [5.41, 5.74) is -1.06. The van der Waals surface area contributed by atoms with E-state index in [1.807, 2.05) is 0 Å². The van der Waals surface area contributed by atoms with Gasteiger partial charge in [0, 0.05) is 0 Å². The van der Waals surface area contributed by atoms with Crippen molar-refractivity contribution in [2.45, 2.75) is 12.6 Å². The molecule has 0 amide bonds. The van der Waals surface area contributed by atoms with E-state index in [4.69, 9.17) is 9.68 Å². The molecule has 0 radical (unpaired) electrons. The van der Waals surface area contributed by atoms with Crippen LogP contribution in [-0.2, 0) is 12.6 Å². The van der Waals surface area contributed by atoms with Crippen molar-refractivity contribution in [3.05, 3.63) is 29.7 Å². The summed E-state index contributed by atoms with van der Waals surface area (Å²) < 4.78 is 42.7. The molecule has 0 N–H and O–H groups in total. The number of hydrogen-bond donors (Lipinski definition) is 0. The molecule has 2 rings (SSSR count). The van der Waals surface area contributed by atoms with E-state index < -0.39 is 11.7 Å². The first-order valence-corrected chi connectivity index (χ1v) is 4.35. The molecule has 82 valence electrons. The molecule has 1 aromatic heterocycles. The van der Waals surface area contributed by atoms with Gasteiger partial charge in [0.15, 0.2) is 5.58 Å². The van der Waals surface area contributed by atoms with Gasteiger partial charge in [-0.1, -0.05) is 6.07 Å². The van der Waals surface area contributed by atoms with Gasteiger partial charge >= 0.3 is 6.18 Å². The average Bonchev–Trinajstić information content (AvgIpc) is 2.58. The molecule has 0 aliphatic carbocycles. The molecule has 1 aromatic carbocycles. The maximum absolute atomic E-state index is 12.6. The van der Waals surface area contributed by atoms with Crippen LogP contribution >= 0.6 is 0 Å². The minimum absolute atomic E-state index is 0.00537. The van der Waals surface area contributed by atoms with Gasteiger partial charge in [-0.05, 0) is 12.1 Å². The number of benzene rings is 1. The summed E-state index contributed by atoms with van der Waals surface area (Å²) in [6.45, 7) is 0. The number of rotatable bonds is 1. The Balaban J connectivity index is 2.64. The first-order valence-electron chi connectivity index (χ1n) is 4.35. The number of oxazole rings is 1. The molecule has 2 aromatic rings. The smallest absolute Gasteiger partial charge is 0.418 e. The molecule has 0 saturated heterocycles. The van der Waals surface area contributed by atoms with Crippen molar-refractivity contribution in [3.63, 3.8) is 0 Å². The van der Waals surface area contributed by atoms with Crippen LogP contribution in [0.25, 0.3) is 11.1 Å². The van der Waals surface area contributed by atoms with E-state index >= 15 is 0 Å². The summed E-state index contributed by atoms with van der Waals surface area (Å²) >= 11 is 0. The van der Waals surface area contributed by atoms with Crippen molar-refractivity contribution in [3.8, 4) is 6.07 Å². The molecule has 0 spiro atoms. The van der Waals surface area contributed by atoms with Crippen molar-refractivity contribution in [2.24, 2.45) is 0 Å². The zero-order chi connectivity index (χ0) is 11.8. The van der Waals surface area contributed by atoms with Gasteiger partial charge in [0.25, 0.3) is 0 Å². The first kappa shape index (κ1) is 10.5. The number of aromatic nitrogens is 1. The zero-order valence-electron chi connectivity index (χ0n) is 7.88. The summed E-state index contributed by atoms with van der Waals surface area (Å²) in [6.07, 6.45) is -4.62. The van der Waals surface area contributed by atoms with Crippen LogP contribution < -0.4 is 0 Å². The maximum atomic E-state index is 12.6. The first-order chi connectivity index (χ1) is 7.52. The Bertz CT molecular complexity index is 565. The zero-order valence-corrected chi connectivity index (χ0v) is 7.88. The molecule has 0 fully saturated rings. The Kier molecular flexibility index (Phi) is 2.31. The number of para-hydroxylation sites is 1. The molecule has 0 aliphatic rings. The molecular formula is C10H5F3N2O. The summed E-state index contributed by atoms with van der Waals surface area (Å²) in [5, 5.41) is 8.40. The van der Waals surface area contributed by atoms with Crippen molar-refractivity contribution in [1.29, 1.82) is 5.26 Å². The lowest BCUT2D eigenvalue weighted by Gasteiger charge is -2.05. The molecule has 0 aliphatic heterocycles. The number of fused-ring (bicyclic) bond motifs is 1. The molecule has 6 heteroatoms. The van der Waals surface area contributed by atoms with Crippen molar-refractivity contribution in [1.82, 2.24) is 4.98 Å². The molecule has 3 nitrogen and oxygen atoms in total. The number of halogens is 3. The van der Waals surface area contributed by atoms with Gasteiger partial charge in [-0.3, -0.25) is 0 Å². The fourth-order valence-corrected chi connectivity index (χ4v) is 1.37. The van der Waals surface area contributed by atoms with E-state index in [0.717, 1.165) is 6.07 Å². The molecule has 0 bridgehead atoms. The third-order valence-corrected chi connectivity index (χ3v) is 2.00. The highest BCUT2D eigenvalue weighted by Gasteiger charge is 2.34. The normalized spacial score (nSPS) is 11.6. The highest BCUT2D eigenvalue weighted by atomic mass is 19.4. The van der Waals surface area contributed by atoms with E-state index in [-0.39, 0.29) is 23.4 Å². The van der Waals surface area contributed by atoms with Crippen LogP contribution in [0.2, 0.25) is 0 Å². The van der Waals surface area contributed by atoms with Crippen LogP contribution in [0, 0.1) is 11.3 Å². The summed E-state index contributed by atoms with van der Waals surface area (Å²) in [4.78, 5) is 3.66. The van der Waals surface area contributed by atoms with Crippen LogP contribution in [0.5, 0.6) is 0 Å². The van der Waals surface area contributed by atoms with E-state index in [9.17, 15) is 13.2 Å². The number of alkyl halides is 3. The van der Waals surface area contributed by atoms with Gasteiger partial charge in [0.05, 0.1) is 11.6 Å². The van der Waals surface area contributed by atoms with Crippen LogP contribution in [0.1, 0.15) is 11.5 Å². The van der Waals surface area contributed by atoms with Gasteiger partial charge in [-0.25, -0.2) is 4.98 Å². The van der Waals surface area contributed by atoms with Crippen LogP contribution in [0.4, 0.5) is 13.2 Å². The lowest BCUT2D eigenvalue weighted by Crippen LogP contribution is -2.05. The minimum Gasteiger partial charge on any atom is -0.440 e. The van der Waals surface area contributed by atoms with Crippen LogP contribution in [0.15, 0.2) is 22.6 Å². The Morgan fingerprint density at radius 3 is 2.75 bits per heavy atom. The van der Waals surface area contributed by atoms with Gasteiger partial charge in [-0.15, -0.1) is 0 Å². The van der Waals surface area contributed by atoms with E-state index in [0.29, 0.717) is 0 Å². The van der Waals surface area contributed by atoms with E-state index in [1.54, 1.807) is 6.07 Å². The topological polar surface area (TPSA) is 49.8 Å². The second kappa shape index (κ2) is 3.52. The van der Waals surface area contributed by atoms with Crippen LogP contribution in [-0.4, -0.2) is 4.98 Å². The molecular weight excluding hydrogens is 221 g/mol. The Hall–Kier alpha value is -2.03. The van der Waals surface area contributed by atoms with E-state index in [1.165, 1.54) is 12.1 Å². The lowest BCUT2D eigenvalue weighted by atomic mass is 10.2. The van der Waals surface area contributed by atoms with Gasteiger partial charge in [-0.2, -0.15) is 18.4 Å². The third kappa shape index (κ3) is 1.72. The SMILES string of the molecule is N#CCc1nc2c(C(F)(F)F)cccc2o1. The molecule has 16 heavy (non-hydrogen) atoms. The molecule has 0 atom stereocenters. The minimum atomic E-state index is -4.47. The largest absolute Gasteiger partial charge is 0.440 e. The highest BCUT2D eigenvalue weighted by Crippen LogP contribution is 2.34. The van der Waals surface area contributed by atoms with Crippen LogP contribution in [0.3, 0.4) is 0 Å². The second-order valence-corrected chi connectivity index (χ2v) is 3.09. The fourth-order valence-electron chi connectivity index (χ4n) is 1.37. The maximum Gasteiger partial charge on any atom is 0.418 e. The second-order valence-electron chi connectivity index (χ2n) is 3.09. The average molecular weight is 226 g/mol. The number of nitriles is 1. The van der Waals surface area contributed by atoms with Gasteiger partial charge < -0.3 is 4.42 Å². The molecule has 0 unspecified atom stereocenters. The Labute approximate surface area is 88.1 Å². The van der Waals surface area contributed by atoms with Gasteiger partial charge in [0.1, 0.15) is 11.9 Å². The predicted molar refractivity (Wildman–Crippen MR) is 48.3 cm³/mol. The summed E-state index contributed by atoms with van der Waals surface area (Å²) in [6, 6.07) is 5.33. The number of hydrogen-bond acceptors (Lipinski definition) is 3. The quantitative estimate of drug-likeness (QED) is 0.751. The van der Waals surface area contributed by atoms with Crippen molar-refractivity contribution in [2.75, 3.05) is 0 Å².